The van der Waals surface area contributed by atoms with Gasteiger partial charge >= 0.3 is 6.09 Å². The Labute approximate surface area is 115 Å². The lowest BCUT2D eigenvalue weighted by atomic mass is 10.2. The largest absolute Gasteiger partial charge is 0.444 e. The predicted molar refractivity (Wildman–Crippen MR) is 72.1 cm³/mol. The molecule has 1 amide bonds. The third kappa shape index (κ3) is 3.61. The van der Waals surface area contributed by atoms with Crippen molar-refractivity contribution in [1.82, 2.24) is 10.5 Å². The highest BCUT2D eigenvalue weighted by molar-refractivity contribution is 6.31. The van der Waals surface area contributed by atoms with E-state index in [1.807, 2.05) is 0 Å². The number of carbonyl (C=O) groups excluding carboxylic acids is 1. The number of aromatic nitrogens is 1. The number of amides is 1. The Morgan fingerprint density at radius 3 is 2.89 bits per heavy atom. The van der Waals surface area contributed by atoms with Crippen LogP contribution in [-0.2, 0) is 11.3 Å². The standard InChI is InChI=1S/C13H15ClN2O3/c1-13(2,3)18-12(17)15-7-10-9-6-8(14)4-5-11(9)19-16-10/h4-6H,7H2,1-3H3,(H,15,17). The number of hydrogen-bond donors (Lipinski definition) is 1. The molecule has 0 fully saturated rings. The van der Waals surface area contributed by atoms with E-state index in [2.05, 4.69) is 10.5 Å². The molecule has 19 heavy (non-hydrogen) atoms. The van der Waals surface area contributed by atoms with Gasteiger partial charge in [-0.05, 0) is 39.0 Å². The average Bonchev–Trinajstić information content (AvgIpc) is 2.66. The second kappa shape index (κ2) is 5.09. The Kier molecular flexibility index (Phi) is 3.66. The first-order valence-electron chi connectivity index (χ1n) is 5.86. The molecule has 2 aromatic rings. The van der Waals surface area contributed by atoms with Crippen LogP contribution >= 0.6 is 11.6 Å². The second-order valence-corrected chi connectivity index (χ2v) is 5.56. The zero-order chi connectivity index (χ0) is 14.0. The number of ether oxygens (including phenoxy) is 1. The Morgan fingerprint density at radius 1 is 1.47 bits per heavy atom. The summed E-state index contributed by atoms with van der Waals surface area (Å²) in [6.45, 7) is 5.63. The molecule has 5 nitrogen and oxygen atoms in total. The van der Waals surface area contributed by atoms with E-state index in [-0.39, 0.29) is 6.54 Å². The zero-order valence-corrected chi connectivity index (χ0v) is 11.7. The summed E-state index contributed by atoms with van der Waals surface area (Å²) in [5, 5.41) is 7.90. The predicted octanol–water partition coefficient (Wildman–Crippen LogP) is 3.51. The van der Waals surface area contributed by atoms with E-state index in [1.165, 1.54) is 0 Å². The SMILES string of the molecule is CC(C)(C)OC(=O)NCc1noc2ccc(Cl)cc12. The second-order valence-electron chi connectivity index (χ2n) is 5.13. The van der Waals surface area contributed by atoms with Crippen LogP contribution in [0.3, 0.4) is 0 Å². The summed E-state index contributed by atoms with van der Waals surface area (Å²) in [5.41, 5.74) is 0.716. The zero-order valence-electron chi connectivity index (χ0n) is 11.0. The highest BCUT2D eigenvalue weighted by Gasteiger charge is 2.17. The van der Waals surface area contributed by atoms with E-state index in [4.69, 9.17) is 20.9 Å². The maximum atomic E-state index is 11.5. The van der Waals surface area contributed by atoms with Gasteiger partial charge in [-0.2, -0.15) is 0 Å². The van der Waals surface area contributed by atoms with Gasteiger partial charge < -0.3 is 14.6 Å². The van der Waals surface area contributed by atoms with Crippen LogP contribution in [0.25, 0.3) is 11.0 Å². The van der Waals surface area contributed by atoms with Gasteiger partial charge in [-0.3, -0.25) is 0 Å². The summed E-state index contributed by atoms with van der Waals surface area (Å²) in [4.78, 5) is 11.5. The van der Waals surface area contributed by atoms with Crippen LogP contribution in [0.4, 0.5) is 4.79 Å². The topological polar surface area (TPSA) is 64.4 Å². The number of halogens is 1. The van der Waals surface area contributed by atoms with E-state index in [1.54, 1.807) is 39.0 Å². The van der Waals surface area contributed by atoms with E-state index in [0.717, 1.165) is 5.39 Å². The van der Waals surface area contributed by atoms with Crippen LogP contribution < -0.4 is 5.32 Å². The molecule has 0 bridgehead atoms. The normalized spacial score (nSPS) is 11.6. The molecule has 1 heterocycles. The molecule has 0 saturated heterocycles. The highest BCUT2D eigenvalue weighted by Crippen LogP contribution is 2.22. The molecule has 0 unspecified atom stereocenters. The summed E-state index contributed by atoms with van der Waals surface area (Å²) in [5.74, 6) is 0. The Bertz CT molecular complexity index is 601. The third-order valence-corrected chi connectivity index (χ3v) is 2.54. The lowest BCUT2D eigenvalue weighted by Gasteiger charge is -2.19. The number of fused-ring (bicyclic) bond motifs is 1. The minimum absolute atomic E-state index is 0.224. The minimum Gasteiger partial charge on any atom is -0.444 e. The first-order chi connectivity index (χ1) is 8.85. The van der Waals surface area contributed by atoms with Gasteiger partial charge in [0, 0.05) is 10.4 Å². The first kappa shape index (κ1) is 13.7. The van der Waals surface area contributed by atoms with Gasteiger partial charge in [-0.1, -0.05) is 16.8 Å². The van der Waals surface area contributed by atoms with E-state index in [0.29, 0.717) is 16.3 Å². The first-order valence-corrected chi connectivity index (χ1v) is 6.23. The van der Waals surface area contributed by atoms with Crippen molar-refractivity contribution >= 4 is 28.7 Å². The van der Waals surface area contributed by atoms with Crippen molar-refractivity contribution in [2.24, 2.45) is 0 Å². The molecule has 1 aromatic carbocycles. The van der Waals surface area contributed by atoms with E-state index < -0.39 is 11.7 Å². The molecule has 0 saturated carbocycles. The van der Waals surface area contributed by atoms with Gasteiger partial charge in [0.1, 0.15) is 11.3 Å². The Balaban J connectivity index is 2.06. The molecular weight excluding hydrogens is 268 g/mol. The van der Waals surface area contributed by atoms with Crippen molar-refractivity contribution in [3.63, 3.8) is 0 Å². The van der Waals surface area contributed by atoms with Crippen LogP contribution in [0.15, 0.2) is 22.7 Å². The molecule has 102 valence electrons. The van der Waals surface area contributed by atoms with Gasteiger partial charge in [-0.15, -0.1) is 0 Å². The van der Waals surface area contributed by atoms with Crippen molar-refractivity contribution in [2.45, 2.75) is 32.9 Å². The van der Waals surface area contributed by atoms with Gasteiger partial charge in [0.15, 0.2) is 5.58 Å². The molecule has 6 heteroatoms. The van der Waals surface area contributed by atoms with Crippen molar-refractivity contribution in [1.29, 1.82) is 0 Å². The smallest absolute Gasteiger partial charge is 0.407 e. The fraction of sp³-hybridized carbons (Fsp3) is 0.385. The quantitative estimate of drug-likeness (QED) is 0.915. The minimum atomic E-state index is -0.528. The summed E-state index contributed by atoms with van der Waals surface area (Å²) in [7, 11) is 0. The van der Waals surface area contributed by atoms with Crippen molar-refractivity contribution in [3.05, 3.63) is 28.9 Å². The Hall–Kier alpha value is -1.75. The maximum Gasteiger partial charge on any atom is 0.407 e. The van der Waals surface area contributed by atoms with Gasteiger partial charge in [-0.25, -0.2) is 4.79 Å². The lowest BCUT2D eigenvalue weighted by Crippen LogP contribution is -2.32. The van der Waals surface area contributed by atoms with Crippen molar-refractivity contribution in [2.75, 3.05) is 0 Å². The number of alkyl carbamates (subject to hydrolysis) is 1. The van der Waals surface area contributed by atoms with Crippen LogP contribution in [0, 0.1) is 0 Å². The maximum absolute atomic E-state index is 11.5. The van der Waals surface area contributed by atoms with Crippen LogP contribution in [0.1, 0.15) is 26.5 Å². The molecule has 0 radical (unpaired) electrons. The van der Waals surface area contributed by atoms with Crippen LogP contribution in [0.2, 0.25) is 5.02 Å². The number of nitrogens with zero attached hydrogens (tertiary/aromatic N) is 1. The Morgan fingerprint density at radius 2 is 2.21 bits per heavy atom. The molecule has 0 spiro atoms. The highest BCUT2D eigenvalue weighted by atomic mass is 35.5. The lowest BCUT2D eigenvalue weighted by molar-refractivity contribution is 0.0523. The summed E-state index contributed by atoms with van der Waals surface area (Å²) >= 11 is 5.92. The van der Waals surface area contributed by atoms with Crippen LogP contribution in [0.5, 0.6) is 0 Å². The number of nitrogens with one attached hydrogen (secondary N) is 1. The van der Waals surface area contributed by atoms with Crippen molar-refractivity contribution < 1.29 is 14.1 Å². The van der Waals surface area contributed by atoms with E-state index in [9.17, 15) is 4.79 Å². The van der Waals surface area contributed by atoms with Gasteiger partial charge in [0.25, 0.3) is 0 Å². The summed E-state index contributed by atoms with van der Waals surface area (Å²) in [6.07, 6.45) is -0.495. The number of benzene rings is 1. The molecule has 0 aliphatic carbocycles. The number of rotatable bonds is 2. The molecule has 0 atom stereocenters. The monoisotopic (exact) mass is 282 g/mol. The third-order valence-electron chi connectivity index (χ3n) is 2.31. The molecule has 2 rings (SSSR count). The average molecular weight is 283 g/mol. The summed E-state index contributed by atoms with van der Waals surface area (Å²) in [6, 6.07) is 5.21. The van der Waals surface area contributed by atoms with E-state index >= 15 is 0 Å². The van der Waals surface area contributed by atoms with Gasteiger partial charge in [0.2, 0.25) is 0 Å². The van der Waals surface area contributed by atoms with Crippen molar-refractivity contribution in [3.8, 4) is 0 Å². The fourth-order valence-corrected chi connectivity index (χ4v) is 1.73. The van der Waals surface area contributed by atoms with Crippen LogP contribution in [-0.4, -0.2) is 16.9 Å². The number of hydrogen-bond acceptors (Lipinski definition) is 4. The molecular formula is C13H15ClN2O3. The number of carbonyl (C=O) groups is 1. The molecule has 1 N–H and O–H groups in total. The molecule has 1 aromatic heterocycles. The fourth-order valence-electron chi connectivity index (χ4n) is 1.56. The summed E-state index contributed by atoms with van der Waals surface area (Å²) < 4.78 is 10.3. The molecule has 0 aliphatic heterocycles. The van der Waals surface area contributed by atoms with Gasteiger partial charge in [0.05, 0.1) is 6.54 Å². The molecule has 0 aliphatic rings.